The van der Waals surface area contributed by atoms with Gasteiger partial charge in [-0.1, -0.05) is 0 Å². The van der Waals surface area contributed by atoms with Crippen LogP contribution in [0.25, 0.3) is 21.9 Å². The SMILES string of the molecule is Cc1cc(=O)oc2c1ccc1oc(O)c(N=O)c12. The number of fused-ring (bicyclic) bond motifs is 3. The third kappa shape index (κ3) is 1.26. The number of rotatable bonds is 1. The summed E-state index contributed by atoms with van der Waals surface area (Å²) in [5.74, 6) is -0.586. The monoisotopic (exact) mass is 245 g/mol. The lowest BCUT2D eigenvalue weighted by Crippen LogP contribution is -1.97. The lowest BCUT2D eigenvalue weighted by molar-refractivity contribution is 0.348. The van der Waals surface area contributed by atoms with Gasteiger partial charge in [0, 0.05) is 11.5 Å². The van der Waals surface area contributed by atoms with Crippen molar-refractivity contribution in [3.63, 3.8) is 0 Å². The van der Waals surface area contributed by atoms with Crippen LogP contribution in [0, 0.1) is 11.8 Å². The van der Waals surface area contributed by atoms with Crippen LogP contribution in [0.4, 0.5) is 5.69 Å². The van der Waals surface area contributed by atoms with Gasteiger partial charge in [0.25, 0.3) is 0 Å². The van der Waals surface area contributed by atoms with Gasteiger partial charge in [-0.05, 0) is 29.8 Å². The van der Waals surface area contributed by atoms with Gasteiger partial charge in [-0.2, -0.15) is 0 Å². The van der Waals surface area contributed by atoms with Gasteiger partial charge >= 0.3 is 11.6 Å². The Balaban J connectivity index is 2.67. The normalized spacial score (nSPS) is 11.2. The Morgan fingerprint density at radius 2 is 2.06 bits per heavy atom. The van der Waals surface area contributed by atoms with Crippen molar-refractivity contribution in [1.29, 1.82) is 0 Å². The number of aryl methyl sites for hydroxylation is 1. The first-order valence-corrected chi connectivity index (χ1v) is 5.14. The molecule has 2 heterocycles. The number of hydrogen-bond donors (Lipinski definition) is 1. The predicted octanol–water partition coefficient (Wildman–Crippen LogP) is 2.95. The highest BCUT2D eigenvalue weighted by molar-refractivity contribution is 6.10. The molecule has 0 bridgehead atoms. The minimum Gasteiger partial charge on any atom is -0.479 e. The lowest BCUT2D eigenvalue weighted by Gasteiger charge is -2.00. The van der Waals surface area contributed by atoms with Crippen molar-refractivity contribution in [2.75, 3.05) is 0 Å². The molecule has 0 aliphatic carbocycles. The number of benzene rings is 1. The standard InChI is InChI=1S/C12H7NO5/c1-5-4-8(14)18-11-6(5)2-3-7-9(11)10(13-16)12(15)17-7/h2-4,15H,1H3. The van der Waals surface area contributed by atoms with Crippen molar-refractivity contribution in [2.45, 2.75) is 6.92 Å². The molecule has 0 unspecified atom stereocenters. The fraction of sp³-hybridized carbons (Fsp3) is 0.0833. The van der Waals surface area contributed by atoms with Gasteiger partial charge in [0.2, 0.25) is 5.69 Å². The van der Waals surface area contributed by atoms with Crippen LogP contribution in [0.3, 0.4) is 0 Å². The summed E-state index contributed by atoms with van der Waals surface area (Å²) in [6.45, 7) is 1.75. The molecule has 0 fully saturated rings. The second-order valence-electron chi connectivity index (χ2n) is 3.91. The Morgan fingerprint density at radius 3 is 2.78 bits per heavy atom. The highest BCUT2D eigenvalue weighted by atomic mass is 16.5. The maximum absolute atomic E-state index is 11.4. The first-order valence-electron chi connectivity index (χ1n) is 5.14. The van der Waals surface area contributed by atoms with Crippen molar-refractivity contribution in [3.05, 3.63) is 39.1 Å². The van der Waals surface area contributed by atoms with Crippen molar-refractivity contribution in [1.82, 2.24) is 0 Å². The van der Waals surface area contributed by atoms with E-state index in [0.717, 1.165) is 0 Å². The average Bonchev–Trinajstić information content (AvgIpc) is 2.64. The van der Waals surface area contributed by atoms with Crippen LogP contribution in [0.5, 0.6) is 5.95 Å². The number of aromatic hydroxyl groups is 1. The fourth-order valence-electron chi connectivity index (χ4n) is 2.02. The maximum Gasteiger partial charge on any atom is 0.336 e. The van der Waals surface area contributed by atoms with E-state index < -0.39 is 11.6 Å². The zero-order valence-corrected chi connectivity index (χ0v) is 9.26. The largest absolute Gasteiger partial charge is 0.479 e. The molecule has 1 N–H and O–H groups in total. The van der Waals surface area contributed by atoms with Crippen molar-refractivity contribution < 1.29 is 13.9 Å². The van der Waals surface area contributed by atoms with E-state index in [9.17, 15) is 14.8 Å². The Bertz CT molecular complexity index is 843. The lowest BCUT2D eigenvalue weighted by atomic mass is 10.1. The third-order valence-electron chi connectivity index (χ3n) is 2.82. The smallest absolute Gasteiger partial charge is 0.336 e. The zero-order valence-electron chi connectivity index (χ0n) is 9.26. The molecule has 0 spiro atoms. The van der Waals surface area contributed by atoms with Gasteiger partial charge in [0.15, 0.2) is 5.58 Å². The average molecular weight is 245 g/mol. The topological polar surface area (TPSA) is 93.0 Å². The molecular formula is C12H7NO5. The van der Waals surface area contributed by atoms with Gasteiger partial charge in [-0.25, -0.2) is 4.79 Å². The van der Waals surface area contributed by atoms with Crippen LogP contribution in [0.1, 0.15) is 5.56 Å². The minimum atomic E-state index is -0.586. The second kappa shape index (κ2) is 3.43. The van der Waals surface area contributed by atoms with Gasteiger partial charge in [-0.3, -0.25) is 0 Å². The van der Waals surface area contributed by atoms with E-state index in [1.54, 1.807) is 19.1 Å². The molecule has 0 saturated carbocycles. The fourth-order valence-corrected chi connectivity index (χ4v) is 2.02. The number of nitroso groups, excluding NO2 is 1. The van der Waals surface area contributed by atoms with Crippen LogP contribution in [0.15, 0.2) is 37.0 Å². The van der Waals surface area contributed by atoms with E-state index in [4.69, 9.17) is 8.83 Å². The van der Waals surface area contributed by atoms with Crippen molar-refractivity contribution in [2.24, 2.45) is 5.18 Å². The molecule has 3 rings (SSSR count). The zero-order chi connectivity index (χ0) is 12.9. The maximum atomic E-state index is 11.4. The Hall–Kier alpha value is -2.63. The van der Waals surface area contributed by atoms with Crippen LogP contribution >= 0.6 is 0 Å². The molecule has 0 amide bonds. The molecule has 0 aliphatic rings. The Morgan fingerprint density at radius 1 is 1.28 bits per heavy atom. The van der Waals surface area contributed by atoms with Crippen LogP contribution in [-0.4, -0.2) is 5.11 Å². The molecule has 0 radical (unpaired) electrons. The summed E-state index contributed by atoms with van der Waals surface area (Å²) < 4.78 is 10.1. The van der Waals surface area contributed by atoms with E-state index in [1.807, 2.05) is 0 Å². The number of hydrogen-bond acceptors (Lipinski definition) is 6. The Kier molecular flexibility index (Phi) is 2.00. The predicted molar refractivity (Wildman–Crippen MR) is 64.1 cm³/mol. The molecule has 1 aromatic carbocycles. The summed E-state index contributed by atoms with van der Waals surface area (Å²) >= 11 is 0. The molecule has 0 atom stereocenters. The molecule has 3 aromatic rings. The van der Waals surface area contributed by atoms with Crippen molar-refractivity contribution in [3.8, 4) is 5.95 Å². The third-order valence-corrected chi connectivity index (χ3v) is 2.82. The van der Waals surface area contributed by atoms with Crippen molar-refractivity contribution >= 4 is 27.6 Å². The second-order valence-corrected chi connectivity index (χ2v) is 3.91. The molecule has 6 heteroatoms. The van der Waals surface area contributed by atoms with E-state index in [2.05, 4.69) is 5.18 Å². The summed E-state index contributed by atoms with van der Waals surface area (Å²) in [5, 5.41) is 13.0. The first-order chi connectivity index (χ1) is 8.61. The van der Waals surface area contributed by atoms with E-state index in [1.165, 1.54) is 6.07 Å². The highest BCUT2D eigenvalue weighted by Crippen LogP contribution is 2.42. The summed E-state index contributed by atoms with van der Waals surface area (Å²) in [6, 6.07) is 4.62. The van der Waals surface area contributed by atoms with E-state index >= 15 is 0 Å². The minimum absolute atomic E-state index is 0.191. The number of nitrogens with zero attached hydrogens (tertiary/aromatic N) is 1. The van der Waals surface area contributed by atoms with Gasteiger partial charge < -0.3 is 13.9 Å². The quantitative estimate of drug-likeness (QED) is 0.525. The first kappa shape index (κ1) is 10.5. The van der Waals surface area contributed by atoms with E-state index in [0.29, 0.717) is 10.9 Å². The van der Waals surface area contributed by atoms with Gasteiger partial charge in [-0.15, -0.1) is 4.91 Å². The summed E-state index contributed by atoms with van der Waals surface area (Å²) in [5.41, 5.74) is 0.342. The van der Waals surface area contributed by atoms with E-state index in [-0.39, 0.29) is 22.2 Å². The van der Waals surface area contributed by atoms with Gasteiger partial charge in [0.05, 0.1) is 5.39 Å². The summed E-state index contributed by atoms with van der Waals surface area (Å²) in [4.78, 5) is 22.1. The molecule has 2 aromatic heterocycles. The van der Waals surface area contributed by atoms with Crippen LogP contribution in [-0.2, 0) is 0 Å². The number of furan rings is 1. The molecule has 0 aliphatic heterocycles. The molecular weight excluding hydrogens is 238 g/mol. The molecule has 18 heavy (non-hydrogen) atoms. The molecule has 90 valence electrons. The molecule has 6 nitrogen and oxygen atoms in total. The summed E-state index contributed by atoms with van der Waals surface area (Å²) in [6.07, 6.45) is 0. The Labute approximate surface area is 99.4 Å². The highest BCUT2D eigenvalue weighted by Gasteiger charge is 2.19. The molecule has 0 saturated heterocycles. The van der Waals surface area contributed by atoms with Gasteiger partial charge in [0.1, 0.15) is 5.58 Å². The van der Waals surface area contributed by atoms with Crippen LogP contribution < -0.4 is 5.63 Å². The summed E-state index contributed by atoms with van der Waals surface area (Å²) in [7, 11) is 0. The van der Waals surface area contributed by atoms with Crippen LogP contribution in [0.2, 0.25) is 0 Å².